The normalized spacial score (nSPS) is 13.3. The molecule has 7 nitrogen and oxygen atoms in total. The second-order valence-corrected chi connectivity index (χ2v) is 8.38. The summed E-state index contributed by atoms with van der Waals surface area (Å²) >= 11 is 0. The average Bonchev–Trinajstić information content (AvgIpc) is 3.37. The van der Waals surface area contributed by atoms with E-state index in [4.69, 9.17) is 0 Å². The molecular weight excluding hydrogens is 412 g/mol. The van der Waals surface area contributed by atoms with Gasteiger partial charge in [0, 0.05) is 35.1 Å². The van der Waals surface area contributed by atoms with Gasteiger partial charge in [-0.3, -0.25) is 18.9 Å². The first-order valence-corrected chi connectivity index (χ1v) is 11.0. The number of amides is 1. The number of fused-ring (bicyclic) bond motifs is 1. The predicted octanol–water partition coefficient (Wildman–Crippen LogP) is 4.20. The third-order valence-electron chi connectivity index (χ3n) is 5.87. The molecule has 0 atom stereocenters. The highest BCUT2D eigenvalue weighted by molar-refractivity contribution is 5.95. The molecular formula is C26H22N6O. The van der Waals surface area contributed by atoms with Crippen molar-refractivity contribution in [3.8, 4) is 22.5 Å². The summed E-state index contributed by atoms with van der Waals surface area (Å²) in [5.41, 5.74) is 6.33. The topological polar surface area (TPSA) is 77.1 Å². The lowest BCUT2D eigenvalue weighted by molar-refractivity contribution is 0.0951. The van der Waals surface area contributed by atoms with Crippen LogP contribution in [0.4, 0.5) is 0 Å². The van der Waals surface area contributed by atoms with Gasteiger partial charge in [0.05, 0.1) is 36.5 Å². The van der Waals surface area contributed by atoms with Gasteiger partial charge in [-0.2, -0.15) is 5.10 Å². The molecule has 0 saturated heterocycles. The van der Waals surface area contributed by atoms with E-state index in [0.717, 1.165) is 41.0 Å². The van der Waals surface area contributed by atoms with E-state index in [1.165, 1.54) is 5.56 Å². The molecule has 3 aromatic heterocycles. The Morgan fingerprint density at radius 1 is 0.909 bits per heavy atom. The van der Waals surface area contributed by atoms with E-state index >= 15 is 0 Å². The van der Waals surface area contributed by atoms with Crippen LogP contribution in [-0.2, 0) is 6.54 Å². The Morgan fingerprint density at radius 2 is 1.73 bits per heavy atom. The Bertz CT molecular complexity index is 1430. The van der Waals surface area contributed by atoms with E-state index in [1.54, 1.807) is 6.20 Å². The van der Waals surface area contributed by atoms with Crippen molar-refractivity contribution >= 4 is 11.6 Å². The highest BCUT2D eigenvalue weighted by Gasteiger charge is 2.23. The lowest BCUT2D eigenvalue weighted by Gasteiger charge is -2.06. The van der Waals surface area contributed by atoms with Gasteiger partial charge in [0.25, 0.3) is 5.91 Å². The van der Waals surface area contributed by atoms with Crippen LogP contribution in [0.25, 0.3) is 28.2 Å². The number of nitrogens with zero attached hydrogens (tertiary/aromatic N) is 5. The second kappa shape index (κ2) is 8.02. The van der Waals surface area contributed by atoms with Crippen LogP contribution in [0.2, 0.25) is 0 Å². The zero-order valence-electron chi connectivity index (χ0n) is 17.9. The molecule has 0 bridgehead atoms. The number of benzene rings is 2. The Balaban J connectivity index is 1.27. The van der Waals surface area contributed by atoms with E-state index < -0.39 is 0 Å². The van der Waals surface area contributed by atoms with E-state index in [1.807, 2.05) is 76.3 Å². The molecule has 33 heavy (non-hydrogen) atoms. The van der Waals surface area contributed by atoms with Crippen LogP contribution >= 0.6 is 0 Å². The summed E-state index contributed by atoms with van der Waals surface area (Å²) in [6, 6.07) is 18.2. The Hall–Kier alpha value is -4.26. The number of hydrogen-bond acceptors (Lipinski definition) is 4. The van der Waals surface area contributed by atoms with Crippen LogP contribution in [0, 0.1) is 0 Å². The zero-order valence-corrected chi connectivity index (χ0v) is 17.9. The summed E-state index contributed by atoms with van der Waals surface area (Å²) in [6.07, 6.45) is 11.6. The molecule has 0 unspecified atom stereocenters. The fourth-order valence-corrected chi connectivity index (χ4v) is 3.89. The van der Waals surface area contributed by atoms with Crippen molar-refractivity contribution < 1.29 is 4.79 Å². The van der Waals surface area contributed by atoms with E-state index in [2.05, 4.69) is 32.5 Å². The van der Waals surface area contributed by atoms with Crippen LogP contribution in [-0.4, -0.2) is 36.1 Å². The number of rotatable bonds is 6. The van der Waals surface area contributed by atoms with Crippen molar-refractivity contribution in [3.63, 3.8) is 0 Å². The summed E-state index contributed by atoms with van der Waals surface area (Å²) in [7, 11) is 0. The van der Waals surface area contributed by atoms with Crippen molar-refractivity contribution in [2.45, 2.75) is 25.4 Å². The van der Waals surface area contributed by atoms with Crippen LogP contribution in [0.15, 0.2) is 85.6 Å². The maximum Gasteiger partial charge on any atom is 0.251 e. The van der Waals surface area contributed by atoms with Crippen LogP contribution in [0.1, 0.15) is 28.8 Å². The lowest BCUT2D eigenvalue weighted by atomic mass is 10.1. The highest BCUT2D eigenvalue weighted by atomic mass is 16.1. The Morgan fingerprint density at radius 3 is 2.52 bits per heavy atom. The number of carbonyl (C=O) groups is 1. The number of nitrogens with one attached hydrogen (secondary N) is 1. The highest BCUT2D eigenvalue weighted by Crippen LogP contribution is 2.25. The summed E-state index contributed by atoms with van der Waals surface area (Å²) < 4.78 is 3.94. The van der Waals surface area contributed by atoms with E-state index in [-0.39, 0.29) is 5.91 Å². The number of aromatic nitrogens is 5. The minimum atomic E-state index is -0.0128. The van der Waals surface area contributed by atoms with Gasteiger partial charge < -0.3 is 5.32 Å². The Labute approximate surface area is 190 Å². The second-order valence-electron chi connectivity index (χ2n) is 8.38. The van der Waals surface area contributed by atoms with Crippen molar-refractivity contribution in [2.75, 3.05) is 0 Å². The number of imidazole rings is 1. The molecule has 5 aromatic rings. The third-order valence-corrected chi connectivity index (χ3v) is 5.87. The molecule has 6 rings (SSSR count). The molecule has 0 spiro atoms. The Kier molecular flexibility index (Phi) is 4.72. The molecule has 1 aliphatic rings. The summed E-state index contributed by atoms with van der Waals surface area (Å²) in [4.78, 5) is 21.4. The standard InChI is InChI=1S/C26H22N6O/c33-26(30-22-10-11-22)20-8-6-19(7-9-20)24-13-28-25-14-27-23(17-32(24)25)21-12-29-31(16-21)15-18-4-2-1-3-5-18/h1-9,12-14,16-17,22H,10-11,15H2,(H,30,33). The predicted molar refractivity (Wildman–Crippen MR) is 126 cm³/mol. The molecule has 1 N–H and O–H groups in total. The number of hydrogen-bond donors (Lipinski definition) is 1. The van der Waals surface area contributed by atoms with Crippen LogP contribution in [0.5, 0.6) is 0 Å². The van der Waals surface area contributed by atoms with Gasteiger partial charge in [-0.25, -0.2) is 4.98 Å². The van der Waals surface area contributed by atoms with Crippen LogP contribution < -0.4 is 5.32 Å². The van der Waals surface area contributed by atoms with Crippen molar-refractivity contribution in [3.05, 3.63) is 96.7 Å². The van der Waals surface area contributed by atoms with E-state index in [9.17, 15) is 4.79 Å². The average molecular weight is 435 g/mol. The molecule has 1 amide bonds. The molecule has 162 valence electrons. The van der Waals surface area contributed by atoms with Crippen molar-refractivity contribution in [1.82, 2.24) is 29.5 Å². The maximum absolute atomic E-state index is 12.3. The molecule has 3 heterocycles. The van der Waals surface area contributed by atoms with E-state index in [0.29, 0.717) is 18.2 Å². The molecule has 1 saturated carbocycles. The summed E-state index contributed by atoms with van der Waals surface area (Å²) in [5, 5.41) is 7.53. The molecule has 0 aliphatic heterocycles. The third kappa shape index (κ3) is 4.01. The molecule has 7 heteroatoms. The quantitative estimate of drug-likeness (QED) is 0.435. The molecule has 1 aliphatic carbocycles. The smallest absolute Gasteiger partial charge is 0.251 e. The van der Waals surface area contributed by atoms with Gasteiger partial charge in [0.15, 0.2) is 5.65 Å². The van der Waals surface area contributed by atoms with Crippen molar-refractivity contribution in [1.29, 1.82) is 0 Å². The molecule has 1 fully saturated rings. The van der Waals surface area contributed by atoms with Crippen molar-refractivity contribution in [2.24, 2.45) is 0 Å². The summed E-state index contributed by atoms with van der Waals surface area (Å²) in [6.45, 7) is 0.708. The van der Waals surface area contributed by atoms with Crippen LogP contribution in [0.3, 0.4) is 0 Å². The monoisotopic (exact) mass is 434 g/mol. The molecule has 2 aromatic carbocycles. The maximum atomic E-state index is 12.3. The first kappa shape index (κ1) is 19.4. The van der Waals surface area contributed by atoms with Gasteiger partial charge in [-0.15, -0.1) is 0 Å². The largest absolute Gasteiger partial charge is 0.349 e. The first-order valence-electron chi connectivity index (χ1n) is 11.0. The minimum absolute atomic E-state index is 0.0128. The summed E-state index contributed by atoms with van der Waals surface area (Å²) in [5.74, 6) is -0.0128. The fraction of sp³-hybridized carbons (Fsp3) is 0.154. The minimum Gasteiger partial charge on any atom is -0.349 e. The lowest BCUT2D eigenvalue weighted by Crippen LogP contribution is -2.25. The molecule has 0 radical (unpaired) electrons. The van der Waals surface area contributed by atoms with Gasteiger partial charge in [-0.1, -0.05) is 42.5 Å². The zero-order chi connectivity index (χ0) is 22.2. The van der Waals surface area contributed by atoms with Gasteiger partial charge in [-0.05, 0) is 30.5 Å². The number of carbonyl (C=O) groups excluding carboxylic acids is 1. The van der Waals surface area contributed by atoms with Gasteiger partial charge >= 0.3 is 0 Å². The van der Waals surface area contributed by atoms with Gasteiger partial charge in [0.1, 0.15) is 0 Å². The SMILES string of the molecule is O=C(NC1CC1)c1ccc(-c2cnc3cnc(-c4cnn(Cc5ccccc5)c4)cn23)cc1. The fourth-order valence-electron chi connectivity index (χ4n) is 3.89. The first-order chi connectivity index (χ1) is 16.2. The van der Waals surface area contributed by atoms with Gasteiger partial charge in [0.2, 0.25) is 0 Å².